The number of aromatic nitrogens is 4. The number of anilines is 2. The molecule has 1 saturated heterocycles. The summed E-state index contributed by atoms with van der Waals surface area (Å²) < 4.78 is 15.7. The van der Waals surface area contributed by atoms with Gasteiger partial charge in [0.15, 0.2) is 0 Å². The molecule has 0 amide bonds. The zero-order valence-corrected chi connectivity index (χ0v) is 15.8. The molecule has 0 aliphatic carbocycles. The lowest BCUT2D eigenvalue weighted by Crippen LogP contribution is -2.53. The normalized spacial score (nSPS) is 17.0. The summed E-state index contributed by atoms with van der Waals surface area (Å²) in [5.41, 5.74) is 1.57. The van der Waals surface area contributed by atoms with Crippen LogP contribution < -0.4 is 15.4 Å². The zero-order valence-electron chi connectivity index (χ0n) is 15.8. The predicted octanol–water partition coefficient (Wildman–Crippen LogP) is 2.09. The Morgan fingerprint density at radius 2 is 1.96 bits per heavy atom. The second-order valence-electron chi connectivity index (χ2n) is 6.87. The van der Waals surface area contributed by atoms with Gasteiger partial charge in [0.25, 0.3) is 5.56 Å². The molecule has 0 N–H and O–H groups in total. The Hall–Kier alpha value is -3.29. The molecule has 8 heteroatoms. The van der Waals surface area contributed by atoms with Gasteiger partial charge in [-0.3, -0.25) is 9.36 Å². The van der Waals surface area contributed by atoms with E-state index in [0.29, 0.717) is 42.7 Å². The fourth-order valence-electron chi connectivity index (χ4n) is 3.54. The van der Waals surface area contributed by atoms with Crippen LogP contribution in [0.15, 0.2) is 53.7 Å². The molecular formula is C20H21FN6O. The predicted molar refractivity (Wildman–Crippen MR) is 106 cm³/mol. The molecule has 144 valence electrons. The molecule has 0 saturated carbocycles. The lowest BCUT2D eigenvalue weighted by molar-refractivity contribution is 0.520. The fraction of sp³-hybridized carbons (Fsp3) is 0.300. The van der Waals surface area contributed by atoms with Crippen LogP contribution >= 0.6 is 0 Å². The van der Waals surface area contributed by atoms with Crippen molar-refractivity contribution in [2.75, 3.05) is 29.4 Å². The average Bonchev–Trinajstić information content (AvgIpc) is 2.71. The maximum atomic E-state index is 14.2. The van der Waals surface area contributed by atoms with Crippen molar-refractivity contribution in [1.29, 1.82) is 0 Å². The SMILES string of the molecule is C[C@@H]1CN(c2ccccc2F)CCN1c1nc(-c2ccncn2)cc(=O)n1C. The lowest BCUT2D eigenvalue weighted by Gasteiger charge is -2.42. The Bertz CT molecular complexity index is 1040. The van der Waals surface area contributed by atoms with E-state index in [1.807, 2.05) is 11.0 Å². The van der Waals surface area contributed by atoms with Crippen molar-refractivity contribution in [2.24, 2.45) is 7.05 Å². The highest BCUT2D eigenvalue weighted by molar-refractivity contribution is 5.56. The van der Waals surface area contributed by atoms with Crippen molar-refractivity contribution in [3.05, 3.63) is 65.1 Å². The first-order chi connectivity index (χ1) is 13.5. The van der Waals surface area contributed by atoms with Gasteiger partial charge in [0, 0.05) is 45.0 Å². The molecule has 1 aromatic carbocycles. The van der Waals surface area contributed by atoms with Gasteiger partial charge >= 0.3 is 0 Å². The van der Waals surface area contributed by atoms with E-state index in [1.165, 1.54) is 18.5 Å². The maximum Gasteiger partial charge on any atom is 0.255 e. The summed E-state index contributed by atoms with van der Waals surface area (Å²) in [6.45, 7) is 3.95. The van der Waals surface area contributed by atoms with Gasteiger partial charge in [-0.15, -0.1) is 0 Å². The number of rotatable bonds is 3. The van der Waals surface area contributed by atoms with Crippen LogP contribution in [0.25, 0.3) is 11.4 Å². The number of halogens is 1. The van der Waals surface area contributed by atoms with Crippen molar-refractivity contribution in [3.8, 4) is 11.4 Å². The molecule has 2 aromatic heterocycles. The Morgan fingerprint density at radius 3 is 2.68 bits per heavy atom. The third kappa shape index (κ3) is 3.33. The molecular weight excluding hydrogens is 359 g/mol. The third-order valence-corrected chi connectivity index (χ3v) is 5.03. The quantitative estimate of drug-likeness (QED) is 0.693. The van der Waals surface area contributed by atoms with E-state index in [1.54, 1.807) is 36.0 Å². The molecule has 3 aromatic rings. The summed E-state index contributed by atoms with van der Waals surface area (Å²) >= 11 is 0. The Kier molecular flexibility index (Phi) is 4.77. The van der Waals surface area contributed by atoms with Crippen LogP contribution in [0.3, 0.4) is 0 Å². The highest BCUT2D eigenvalue weighted by atomic mass is 19.1. The van der Waals surface area contributed by atoms with Crippen LogP contribution in [-0.4, -0.2) is 45.2 Å². The fourth-order valence-corrected chi connectivity index (χ4v) is 3.54. The van der Waals surface area contributed by atoms with Gasteiger partial charge in [-0.2, -0.15) is 0 Å². The second kappa shape index (κ2) is 7.38. The molecule has 1 fully saturated rings. The first kappa shape index (κ1) is 18.1. The summed E-state index contributed by atoms with van der Waals surface area (Å²) in [5, 5.41) is 0. The second-order valence-corrected chi connectivity index (χ2v) is 6.87. The van der Waals surface area contributed by atoms with E-state index in [-0.39, 0.29) is 17.4 Å². The summed E-state index contributed by atoms with van der Waals surface area (Å²) in [7, 11) is 1.71. The van der Waals surface area contributed by atoms with Gasteiger partial charge < -0.3 is 9.80 Å². The Morgan fingerprint density at radius 1 is 1.14 bits per heavy atom. The van der Waals surface area contributed by atoms with E-state index in [9.17, 15) is 9.18 Å². The Balaban J connectivity index is 1.64. The highest BCUT2D eigenvalue weighted by Crippen LogP contribution is 2.25. The standard InChI is InChI=1S/C20H21FN6O/c1-14-12-26(18-6-4-3-5-15(18)21)9-10-27(14)20-24-17(11-19(28)25(20)2)16-7-8-22-13-23-16/h3-8,11,13-14H,9-10,12H2,1-2H3/t14-/m1/s1. The largest absolute Gasteiger partial charge is 0.365 e. The smallest absolute Gasteiger partial charge is 0.255 e. The molecule has 0 bridgehead atoms. The van der Waals surface area contributed by atoms with Crippen LogP contribution in [0.2, 0.25) is 0 Å². The van der Waals surface area contributed by atoms with Crippen molar-refractivity contribution < 1.29 is 4.39 Å². The van der Waals surface area contributed by atoms with Gasteiger partial charge in [0.05, 0.1) is 17.1 Å². The zero-order chi connectivity index (χ0) is 19.7. The molecule has 0 radical (unpaired) electrons. The molecule has 3 heterocycles. The summed E-state index contributed by atoms with van der Waals surface area (Å²) in [6.07, 6.45) is 3.06. The summed E-state index contributed by atoms with van der Waals surface area (Å²) in [4.78, 5) is 29.4. The van der Waals surface area contributed by atoms with E-state index >= 15 is 0 Å². The molecule has 0 spiro atoms. The topological polar surface area (TPSA) is 67.2 Å². The van der Waals surface area contributed by atoms with E-state index in [4.69, 9.17) is 4.98 Å². The van der Waals surface area contributed by atoms with E-state index in [0.717, 1.165) is 0 Å². The van der Waals surface area contributed by atoms with E-state index in [2.05, 4.69) is 21.8 Å². The van der Waals surface area contributed by atoms with Crippen LogP contribution in [0, 0.1) is 5.82 Å². The summed E-state index contributed by atoms with van der Waals surface area (Å²) in [5.74, 6) is 0.362. The summed E-state index contributed by atoms with van der Waals surface area (Å²) in [6, 6.07) is 10.1. The molecule has 7 nitrogen and oxygen atoms in total. The third-order valence-electron chi connectivity index (χ3n) is 5.03. The lowest BCUT2D eigenvalue weighted by atomic mass is 10.1. The van der Waals surface area contributed by atoms with Gasteiger partial charge in [-0.05, 0) is 25.1 Å². The molecule has 0 unspecified atom stereocenters. The van der Waals surface area contributed by atoms with Crippen LogP contribution in [-0.2, 0) is 7.05 Å². The molecule has 4 rings (SSSR count). The number of hydrogen-bond acceptors (Lipinski definition) is 6. The molecule has 1 aliphatic rings. The van der Waals surface area contributed by atoms with Crippen LogP contribution in [0.1, 0.15) is 6.92 Å². The average molecular weight is 380 g/mol. The monoisotopic (exact) mass is 380 g/mol. The number of piperazine rings is 1. The molecule has 1 aliphatic heterocycles. The minimum Gasteiger partial charge on any atom is -0.365 e. The minimum atomic E-state index is -0.223. The number of benzene rings is 1. The van der Waals surface area contributed by atoms with E-state index < -0.39 is 0 Å². The number of para-hydroxylation sites is 1. The van der Waals surface area contributed by atoms with Gasteiger partial charge in [-0.1, -0.05) is 12.1 Å². The highest BCUT2D eigenvalue weighted by Gasteiger charge is 2.28. The number of nitrogens with zero attached hydrogens (tertiary/aromatic N) is 6. The van der Waals surface area contributed by atoms with Crippen molar-refractivity contribution in [1.82, 2.24) is 19.5 Å². The van der Waals surface area contributed by atoms with Gasteiger partial charge in [-0.25, -0.2) is 19.3 Å². The van der Waals surface area contributed by atoms with Crippen molar-refractivity contribution in [3.63, 3.8) is 0 Å². The molecule has 28 heavy (non-hydrogen) atoms. The van der Waals surface area contributed by atoms with Crippen LogP contribution in [0.4, 0.5) is 16.0 Å². The minimum absolute atomic E-state index is 0.0482. The van der Waals surface area contributed by atoms with Crippen molar-refractivity contribution in [2.45, 2.75) is 13.0 Å². The first-order valence-electron chi connectivity index (χ1n) is 9.15. The van der Waals surface area contributed by atoms with Gasteiger partial charge in [0.1, 0.15) is 12.1 Å². The maximum absolute atomic E-state index is 14.2. The van der Waals surface area contributed by atoms with Gasteiger partial charge in [0.2, 0.25) is 5.95 Å². The number of hydrogen-bond donors (Lipinski definition) is 0. The Labute approximate surface area is 162 Å². The molecule has 1 atom stereocenters. The van der Waals surface area contributed by atoms with Crippen LogP contribution in [0.5, 0.6) is 0 Å². The van der Waals surface area contributed by atoms with Crippen molar-refractivity contribution >= 4 is 11.6 Å². The first-order valence-corrected chi connectivity index (χ1v) is 9.15.